The molecule has 0 spiro atoms. The van der Waals surface area contributed by atoms with Crippen LogP contribution in [0.5, 0.6) is 0 Å². The van der Waals surface area contributed by atoms with E-state index < -0.39 is 22.8 Å². The highest BCUT2D eigenvalue weighted by molar-refractivity contribution is 6.04. The number of rotatable bonds is 4. The van der Waals surface area contributed by atoms with Crippen LogP contribution in [-0.2, 0) is 25.1 Å². The van der Waals surface area contributed by atoms with E-state index in [2.05, 4.69) is 26.1 Å². The van der Waals surface area contributed by atoms with Crippen molar-refractivity contribution in [1.29, 1.82) is 0 Å². The number of hydrogen-bond donors (Lipinski definition) is 1. The monoisotopic (exact) mass is 473 g/mol. The Balaban J connectivity index is 1.63. The zero-order valence-corrected chi connectivity index (χ0v) is 20.4. The molecular weight excluding hydrogens is 446 g/mol. The maximum atomic E-state index is 14.1. The molecule has 1 N–H and O–H groups in total. The number of amides is 1. The Kier molecular flexibility index (Phi) is 4.98. The standard InChI is InChI=1S/C27H27N3O5/c1-25(2)26(3)10-11-27(25,21-20(26)29-18-8-6-7-9-19(18)30-21)24(33)28-17-13-15(22(31)34-4)12-16(14-17)23(32)35-5/h6-9,12-14H,10-11H2,1-5H3,(H,28,33). The zero-order chi connectivity index (χ0) is 25.2. The van der Waals surface area contributed by atoms with Crippen molar-refractivity contribution >= 4 is 34.6 Å². The molecule has 8 heteroatoms. The molecule has 0 saturated heterocycles. The van der Waals surface area contributed by atoms with Crippen LogP contribution in [0.25, 0.3) is 11.0 Å². The summed E-state index contributed by atoms with van der Waals surface area (Å²) < 4.78 is 9.65. The average molecular weight is 474 g/mol. The molecule has 1 fully saturated rings. The van der Waals surface area contributed by atoms with E-state index in [4.69, 9.17) is 19.4 Å². The minimum absolute atomic E-state index is 0.135. The normalized spacial score (nSPS) is 23.6. The lowest BCUT2D eigenvalue weighted by molar-refractivity contribution is -0.125. The van der Waals surface area contributed by atoms with Crippen molar-refractivity contribution in [2.75, 3.05) is 19.5 Å². The number of anilines is 1. The van der Waals surface area contributed by atoms with Crippen LogP contribution in [0, 0.1) is 5.41 Å². The summed E-state index contributed by atoms with van der Waals surface area (Å²) in [4.78, 5) is 48.5. The second kappa shape index (κ2) is 7.60. The number of esters is 2. The van der Waals surface area contributed by atoms with E-state index in [-0.39, 0.29) is 22.4 Å². The third-order valence-electron chi connectivity index (χ3n) is 8.36. The molecular formula is C27H27N3O5. The Bertz CT molecular complexity index is 1380. The lowest BCUT2D eigenvalue weighted by Gasteiger charge is -2.39. The molecule has 2 aliphatic carbocycles. The Labute approximate surface area is 203 Å². The third kappa shape index (κ3) is 2.95. The van der Waals surface area contributed by atoms with Gasteiger partial charge in [-0.3, -0.25) is 4.79 Å². The molecule has 2 aromatic carbocycles. The Morgan fingerprint density at radius 3 is 1.91 bits per heavy atom. The molecule has 5 rings (SSSR count). The van der Waals surface area contributed by atoms with Gasteiger partial charge in [-0.2, -0.15) is 0 Å². The van der Waals surface area contributed by atoms with Crippen LogP contribution < -0.4 is 5.32 Å². The molecule has 180 valence electrons. The number of methoxy groups -OCH3 is 2. The van der Waals surface area contributed by atoms with Gasteiger partial charge in [0.15, 0.2) is 0 Å². The van der Waals surface area contributed by atoms with Crippen molar-refractivity contribution in [3.05, 3.63) is 65.0 Å². The van der Waals surface area contributed by atoms with Gasteiger partial charge in [-0.25, -0.2) is 19.6 Å². The molecule has 2 bridgehead atoms. The fraction of sp³-hybridized carbons (Fsp3) is 0.370. The summed E-state index contributed by atoms with van der Waals surface area (Å²) in [6.07, 6.45) is 1.41. The van der Waals surface area contributed by atoms with Crippen LogP contribution in [0.2, 0.25) is 0 Å². The first kappa shape index (κ1) is 23.0. The van der Waals surface area contributed by atoms with E-state index in [1.807, 2.05) is 24.3 Å². The van der Waals surface area contributed by atoms with Gasteiger partial charge in [-0.15, -0.1) is 0 Å². The van der Waals surface area contributed by atoms with Gasteiger partial charge in [0.1, 0.15) is 0 Å². The fourth-order valence-corrected chi connectivity index (χ4v) is 5.96. The van der Waals surface area contributed by atoms with Crippen molar-refractivity contribution in [2.24, 2.45) is 5.41 Å². The Morgan fingerprint density at radius 1 is 0.829 bits per heavy atom. The predicted octanol–water partition coefficient (Wildman–Crippen LogP) is 4.17. The summed E-state index contributed by atoms with van der Waals surface area (Å²) in [7, 11) is 2.51. The molecule has 8 nitrogen and oxygen atoms in total. The first-order chi connectivity index (χ1) is 16.6. The summed E-state index contributed by atoms with van der Waals surface area (Å²) in [5.41, 5.74) is 1.95. The number of carbonyl (C=O) groups excluding carboxylic acids is 3. The van der Waals surface area contributed by atoms with Crippen molar-refractivity contribution in [3.63, 3.8) is 0 Å². The van der Waals surface area contributed by atoms with Crippen LogP contribution in [-0.4, -0.2) is 42.0 Å². The van der Waals surface area contributed by atoms with E-state index in [1.165, 1.54) is 32.4 Å². The van der Waals surface area contributed by atoms with Crippen LogP contribution >= 0.6 is 0 Å². The van der Waals surface area contributed by atoms with Crippen molar-refractivity contribution in [2.45, 2.75) is 44.4 Å². The van der Waals surface area contributed by atoms with Gasteiger partial charge >= 0.3 is 11.9 Å². The Morgan fingerprint density at radius 2 is 1.37 bits per heavy atom. The van der Waals surface area contributed by atoms with Crippen LogP contribution in [0.1, 0.15) is 65.7 Å². The summed E-state index contributed by atoms with van der Waals surface area (Å²) in [5, 5.41) is 2.98. The van der Waals surface area contributed by atoms with Crippen LogP contribution in [0.4, 0.5) is 5.69 Å². The number of hydrogen-bond acceptors (Lipinski definition) is 7. The highest BCUT2D eigenvalue weighted by atomic mass is 16.5. The van der Waals surface area contributed by atoms with E-state index in [9.17, 15) is 14.4 Å². The first-order valence-electron chi connectivity index (χ1n) is 11.5. The summed E-state index contributed by atoms with van der Waals surface area (Å²) >= 11 is 0. The number of para-hydroxylation sites is 2. The van der Waals surface area contributed by atoms with E-state index in [1.54, 1.807) is 0 Å². The van der Waals surface area contributed by atoms with Crippen LogP contribution in [0.15, 0.2) is 42.5 Å². The van der Waals surface area contributed by atoms with Gasteiger partial charge in [0.2, 0.25) is 5.91 Å². The minimum Gasteiger partial charge on any atom is -0.465 e. The fourth-order valence-electron chi connectivity index (χ4n) is 5.96. The molecule has 2 unspecified atom stereocenters. The smallest absolute Gasteiger partial charge is 0.337 e. The van der Waals surface area contributed by atoms with E-state index >= 15 is 0 Å². The van der Waals surface area contributed by atoms with E-state index in [0.29, 0.717) is 17.8 Å². The first-order valence-corrected chi connectivity index (χ1v) is 11.5. The summed E-state index contributed by atoms with van der Waals surface area (Å²) in [5.74, 6) is -1.49. The molecule has 3 aromatic rings. The summed E-state index contributed by atoms with van der Waals surface area (Å²) in [6.45, 7) is 6.35. The average Bonchev–Trinajstić information content (AvgIpc) is 3.16. The molecule has 1 amide bonds. The number of benzene rings is 2. The topological polar surface area (TPSA) is 107 Å². The lowest BCUT2D eigenvalue weighted by atomic mass is 9.63. The number of nitrogens with zero attached hydrogens (tertiary/aromatic N) is 2. The molecule has 2 atom stereocenters. The lowest BCUT2D eigenvalue weighted by Crippen LogP contribution is -2.48. The molecule has 0 radical (unpaired) electrons. The number of fused-ring (bicyclic) bond motifs is 6. The maximum Gasteiger partial charge on any atom is 0.337 e. The molecule has 1 aromatic heterocycles. The van der Waals surface area contributed by atoms with Gasteiger partial charge in [-0.1, -0.05) is 32.9 Å². The molecule has 35 heavy (non-hydrogen) atoms. The van der Waals surface area contributed by atoms with Gasteiger partial charge in [-0.05, 0) is 48.6 Å². The molecule has 1 saturated carbocycles. The SMILES string of the molecule is COC(=O)c1cc(NC(=O)C23CCC(C)(c4nc5ccccc5nc42)C3(C)C)cc(C(=O)OC)c1. The van der Waals surface area contributed by atoms with Crippen molar-refractivity contribution in [1.82, 2.24) is 9.97 Å². The largest absolute Gasteiger partial charge is 0.465 e. The molecule has 0 aliphatic heterocycles. The van der Waals surface area contributed by atoms with Crippen molar-refractivity contribution in [3.8, 4) is 0 Å². The van der Waals surface area contributed by atoms with Crippen molar-refractivity contribution < 1.29 is 23.9 Å². The second-order valence-corrected chi connectivity index (χ2v) is 10.0. The number of nitrogens with one attached hydrogen (secondary N) is 1. The highest BCUT2D eigenvalue weighted by Gasteiger charge is 2.73. The number of carbonyl (C=O) groups is 3. The van der Waals surface area contributed by atoms with E-state index in [0.717, 1.165) is 23.1 Å². The number of aromatic nitrogens is 2. The third-order valence-corrected chi connectivity index (χ3v) is 8.36. The zero-order valence-electron chi connectivity index (χ0n) is 20.4. The minimum atomic E-state index is -0.930. The molecule has 1 heterocycles. The van der Waals surface area contributed by atoms with Gasteiger partial charge in [0.25, 0.3) is 0 Å². The van der Waals surface area contributed by atoms with Gasteiger partial charge in [0.05, 0.1) is 53.2 Å². The quantitative estimate of drug-likeness (QED) is 0.567. The predicted molar refractivity (Wildman–Crippen MR) is 129 cm³/mol. The molecule has 2 aliphatic rings. The maximum absolute atomic E-state index is 14.1. The second-order valence-electron chi connectivity index (χ2n) is 10.0. The highest BCUT2D eigenvalue weighted by Crippen LogP contribution is 2.70. The van der Waals surface area contributed by atoms with Crippen LogP contribution in [0.3, 0.4) is 0 Å². The Hall–Kier alpha value is -3.81. The van der Waals surface area contributed by atoms with Gasteiger partial charge in [0, 0.05) is 11.1 Å². The summed E-state index contributed by atoms with van der Waals surface area (Å²) in [6, 6.07) is 12.0. The number of ether oxygens (including phenoxy) is 2. The van der Waals surface area contributed by atoms with Gasteiger partial charge < -0.3 is 14.8 Å².